The summed E-state index contributed by atoms with van der Waals surface area (Å²) in [6.45, 7) is 9.24. The van der Waals surface area contributed by atoms with E-state index in [-0.39, 0.29) is 17.9 Å². The van der Waals surface area contributed by atoms with Gasteiger partial charge in [0.25, 0.3) is 0 Å². The van der Waals surface area contributed by atoms with Crippen LogP contribution in [-0.2, 0) is 17.6 Å². The van der Waals surface area contributed by atoms with Gasteiger partial charge in [0.15, 0.2) is 11.6 Å². The fourth-order valence-corrected chi connectivity index (χ4v) is 5.89. The zero-order chi connectivity index (χ0) is 31.9. The molecule has 1 aliphatic rings. The second-order valence-corrected chi connectivity index (χ2v) is 11.9. The number of hydrogen-bond donors (Lipinski definition) is 1. The van der Waals surface area contributed by atoms with E-state index in [2.05, 4.69) is 29.0 Å². The highest BCUT2D eigenvalue weighted by molar-refractivity contribution is 6.30. The second-order valence-electron chi connectivity index (χ2n) is 11.4. The molecule has 2 aromatic rings. The van der Waals surface area contributed by atoms with Crippen molar-refractivity contribution in [3.8, 4) is 0 Å². The highest BCUT2D eigenvalue weighted by Gasteiger charge is 2.19. The molecule has 1 atom stereocenters. The minimum absolute atomic E-state index is 0.0572. The Morgan fingerprint density at radius 3 is 2.55 bits per heavy atom. The highest BCUT2D eigenvalue weighted by Crippen LogP contribution is 2.34. The van der Waals surface area contributed by atoms with Crippen molar-refractivity contribution < 1.29 is 18.0 Å². The first-order chi connectivity index (χ1) is 21.3. The number of nitrogens with one attached hydrogen (secondary N) is 1. The average Bonchev–Trinajstić information content (AvgIpc) is 3.00. The van der Waals surface area contributed by atoms with Crippen LogP contribution in [0.4, 0.5) is 13.2 Å². The lowest BCUT2D eigenvalue weighted by Crippen LogP contribution is -2.33. The Hall–Kier alpha value is -3.20. The molecule has 0 aliphatic carbocycles. The molecule has 1 aliphatic heterocycles. The van der Waals surface area contributed by atoms with E-state index in [9.17, 15) is 9.18 Å². The zero-order valence-electron chi connectivity index (χ0n) is 25.8. The van der Waals surface area contributed by atoms with Crippen LogP contribution in [0.25, 0.3) is 11.1 Å². The van der Waals surface area contributed by atoms with Gasteiger partial charge in [-0.3, -0.25) is 15.2 Å². The molecule has 0 radical (unpaired) electrons. The Kier molecular flexibility index (Phi) is 14.9. The maximum absolute atomic E-state index is 15.6. The zero-order valence-corrected chi connectivity index (χ0v) is 26.6. The van der Waals surface area contributed by atoms with E-state index < -0.39 is 11.6 Å². The van der Waals surface area contributed by atoms with Crippen LogP contribution in [0.15, 0.2) is 60.0 Å². The van der Waals surface area contributed by atoms with Crippen molar-refractivity contribution in [2.75, 3.05) is 33.2 Å². The molecule has 238 valence electrons. The summed E-state index contributed by atoms with van der Waals surface area (Å²) in [5.74, 6) is -1.59. The maximum atomic E-state index is 15.6. The highest BCUT2D eigenvalue weighted by atomic mass is 35.5. The molecule has 2 aromatic carbocycles. The molecule has 3 rings (SSSR count). The fraction of sp³-hybridized carbons (Fsp3) is 0.429. The van der Waals surface area contributed by atoms with Crippen molar-refractivity contribution in [3.63, 3.8) is 0 Å². The van der Waals surface area contributed by atoms with E-state index in [0.717, 1.165) is 44.5 Å². The first kappa shape index (κ1) is 35.3. The summed E-state index contributed by atoms with van der Waals surface area (Å²) in [7, 11) is 1.79. The summed E-state index contributed by atoms with van der Waals surface area (Å²) in [5, 5.41) is 2.14. The van der Waals surface area contributed by atoms with Gasteiger partial charge in [0.1, 0.15) is 0 Å². The van der Waals surface area contributed by atoms with Crippen molar-refractivity contribution in [2.24, 2.45) is 10.9 Å². The molecular weight excluding hydrogens is 585 g/mol. The smallest absolute Gasteiger partial charge is 0.221 e. The molecule has 9 heteroatoms. The third-order valence-corrected chi connectivity index (χ3v) is 8.25. The van der Waals surface area contributed by atoms with E-state index in [1.807, 2.05) is 12.1 Å². The van der Waals surface area contributed by atoms with Gasteiger partial charge in [-0.1, -0.05) is 49.2 Å². The van der Waals surface area contributed by atoms with E-state index >= 15 is 8.78 Å². The third kappa shape index (κ3) is 10.8. The van der Waals surface area contributed by atoms with Gasteiger partial charge in [-0.25, -0.2) is 18.2 Å². The van der Waals surface area contributed by atoms with Gasteiger partial charge in [-0.15, -0.1) is 0 Å². The van der Waals surface area contributed by atoms with E-state index in [1.54, 1.807) is 36.3 Å². The number of rotatable bonds is 17. The van der Waals surface area contributed by atoms with Gasteiger partial charge in [0, 0.05) is 36.8 Å². The van der Waals surface area contributed by atoms with Gasteiger partial charge in [-0.05, 0) is 117 Å². The number of aryl methyl sites for hydroxylation is 1. The Bertz CT molecular complexity index is 1340. The van der Waals surface area contributed by atoms with Crippen LogP contribution in [0.5, 0.6) is 0 Å². The molecule has 1 fully saturated rings. The van der Waals surface area contributed by atoms with Crippen molar-refractivity contribution in [3.05, 3.63) is 93.9 Å². The molecule has 0 spiro atoms. The molecule has 0 saturated carbocycles. The van der Waals surface area contributed by atoms with E-state index in [1.165, 1.54) is 31.5 Å². The summed E-state index contributed by atoms with van der Waals surface area (Å²) in [6.07, 6.45) is 12.4. The minimum Gasteiger partial charge on any atom is -0.303 e. The number of benzene rings is 2. The number of hydrogen-bond acceptors (Lipinski definition) is 4. The summed E-state index contributed by atoms with van der Waals surface area (Å²) < 4.78 is 44.4. The van der Waals surface area contributed by atoms with Gasteiger partial charge in [0.05, 0.1) is 6.33 Å². The summed E-state index contributed by atoms with van der Waals surface area (Å²) in [6, 6.07) is 8.60. The number of nitrogens with zero attached hydrogens (tertiary/aromatic N) is 3. The van der Waals surface area contributed by atoms with Crippen LogP contribution in [0.3, 0.4) is 0 Å². The number of aliphatic imine (C=N–C) groups is 1. The van der Waals surface area contributed by atoms with Gasteiger partial charge < -0.3 is 4.90 Å². The molecule has 44 heavy (non-hydrogen) atoms. The average molecular weight is 629 g/mol. The number of amides is 1. The van der Waals surface area contributed by atoms with Gasteiger partial charge in [0.2, 0.25) is 6.41 Å². The number of allylic oxidation sites excluding steroid dienone is 4. The topological polar surface area (TPSA) is 47.9 Å². The van der Waals surface area contributed by atoms with Crippen molar-refractivity contribution in [1.29, 1.82) is 0 Å². The van der Waals surface area contributed by atoms with Crippen LogP contribution in [0, 0.1) is 17.6 Å². The third-order valence-electron chi connectivity index (χ3n) is 8.02. The standard InChI is InChI=1S/C35H44ClF3N4O/c1-26(9-7-17-42(3)41-25-44)21-30(32-14-13-31(36)23-33(32)29(15-16-37)24-40-2)22-28-12-11-27(34(38)35(28)39)10-8-20-43-18-5-4-6-19-43/h11-16,21,23-26H,2,4-10,17-20,22H2,1,3H3,(H,41,44)/b16-15-,29-24+,30-21+. The van der Waals surface area contributed by atoms with Gasteiger partial charge >= 0.3 is 0 Å². The Labute approximate surface area is 265 Å². The molecule has 1 heterocycles. The lowest BCUT2D eigenvalue weighted by Gasteiger charge is -2.26. The Morgan fingerprint density at radius 2 is 1.84 bits per heavy atom. The van der Waals surface area contributed by atoms with Crippen LogP contribution in [0.2, 0.25) is 5.02 Å². The molecule has 1 N–H and O–H groups in total. The first-order valence-corrected chi connectivity index (χ1v) is 15.7. The Morgan fingerprint density at radius 1 is 1.11 bits per heavy atom. The minimum atomic E-state index is -0.844. The van der Waals surface area contributed by atoms with Crippen LogP contribution in [0.1, 0.15) is 67.7 Å². The van der Waals surface area contributed by atoms with Crippen molar-refractivity contribution in [2.45, 2.75) is 58.3 Å². The lowest BCUT2D eigenvalue weighted by atomic mass is 9.88. The van der Waals surface area contributed by atoms with E-state index in [0.29, 0.717) is 53.0 Å². The van der Waals surface area contributed by atoms with E-state index in [4.69, 9.17) is 11.6 Å². The number of carbonyl (C=O) groups is 1. The molecule has 0 aromatic heterocycles. The van der Waals surface area contributed by atoms with Gasteiger partial charge in [-0.2, -0.15) is 0 Å². The maximum Gasteiger partial charge on any atom is 0.221 e. The molecular formula is C35H44ClF3N4O. The van der Waals surface area contributed by atoms with Crippen molar-refractivity contribution >= 4 is 35.9 Å². The molecule has 1 unspecified atom stereocenters. The molecule has 1 amide bonds. The number of carbonyl (C=O) groups excluding carboxylic acids is 1. The normalized spacial score (nSPS) is 15.6. The Balaban J connectivity index is 1.92. The first-order valence-electron chi connectivity index (χ1n) is 15.3. The fourth-order valence-electron chi connectivity index (χ4n) is 5.72. The molecule has 1 saturated heterocycles. The second kappa shape index (κ2) is 18.6. The quantitative estimate of drug-likeness (QED) is 0.0831. The van der Waals surface area contributed by atoms with Crippen LogP contribution < -0.4 is 5.43 Å². The summed E-state index contributed by atoms with van der Waals surface area (Å²) in [4.78, 5) is 16.9. The lowest BCUT2D eigenvalue weighted by molar-refractivity contribution is -0.113. The van der Waals surface area contributed by atoms with Crippen LogP contribution in [-0.4, -0.2) is 56.3 Å². The largest absolute Gasteiger partial charge is 0.303 e. The number of likely N-dealkylation sites (tertiary alicyclic amines) is 1. The summed E-state index contributed by atoms with van der Waals surface area (Å²) in [5.41, 5.74) is 5.73. The van der Waals surface area contributed by atoms with Crippen molar-refractivity contribution in [1.82, 2.24) is 15.3 Å². The number of halogens is 4. The summed E-state index contributed by atoms with van der Waals surface area (Å²) >= 11 is 6.35. The molecule has 0 bridgehead atoms. The predicted octanol–water partition coefficient (Wildman–Crippen LogP) is 8.20. The monoisotopic (exact) mass is 628 g/mol. The SMILES string of the molecule is C=N/C=C(\C=C/F)c1cc(Cl)ccc1/C(=C/C(C)CCCN(C)NC=O)Cc1ccc(CCCN2CCCCC2)c(F)c1F. The number of hydrazine groups is 1. The predicted molar refractivity (Wildman–Crippen MR) is 176 cm³/mol. The molecule has 5 nitrogen and oxygen atoms in total. The number of piperidine rings is 1. The van der Waals surface area contributed by atoms with Crippen LogP contribution >= 0.6 is 11.6 Å².